The van der Waals surface area contributed by atoms with Gasteiger partial charge in [-0.2, -0.15) is 0 Å². The number of methoxy groups -OCH3 is 1. The van der Waals surface area contributed by atoms with E-state index in [9.17, 15) is 19.2 Å². The standard InChI is InChI=1S/C15H18N2O6/c1-23-15(22)12(17-8-18)6-9-2-4-10(5-3-9)14(21)11(16)7-13(19)20/h2-5,8,11-12H,6-7,16H2,1H3,(H,17,18)(H,19,20)/t11-,12-/m0/s1. The minimum Gasteiger partial charge on any atom is -0.481 e. The van der Waals surface area contributed by atoms with Crippen LogP contribution in [0.3, 0.4) is 0 Å². The number of ether oxygens (including phenoxy) is 1. The van der Waals surface area contributed by atoms with E-state index in [2.05, 4.69) is 10.1 Å². The van der Waals surface area contributed by atoms with Gasteiger partial charge in [-0.05, 0) is 5.56 Å². The second kappa shape index (κ2) is 8.64. The van der Waals surface area contributed by atoms with Crippen LogP contribution in [-0.2, 0) is 25.5 Å². The van der Waals surface area contributed by atoms with Crippen LogP contribution in [-0.4, -0.2) is 48.4 Å². The van der Waals surface area contributed by atoms with Crippen molar-refractivity contribution in [2.45, 2.75) is 24.9 Å². The molecule has 1 rings (SSSR count). The van der Waals surface area contributed by atoms with Crippen molar-refractivity contribution < 1.29 is 29.0 Å². The molecule has 0 aliphatic heterocycles. The van der Waals surface area contributed by atoms with Crippen molar-refractivity contribution >= 4 is 24.1 Å². The number of Topliss-reactive ketones (excluding diaryl/α,β-unsaturated/α-hetero) is 1. The normalized spacial score (nSPS) is 12.8. The summed E-state index contributed by atoms with van der Waals surface area (Å²) in [6.07, 6.45) is 0.152. The Morgan fingerprint density at radius 2 is 1.91 bits per heavy atom. The van der Waals surface area contributed by atoms with Crippen LogP contribution in [0.1, 0.15) is 22.3 Å². The number of carboxylic acids is 1. The zero-order chi connectivity index (χ0) is 17.4. The molecule has 1 aromatic carbocycles. The molecular formula is C15H18N2O6. The van der Waals surface area contributed by atoms with E-state index >= 15 is 0 Å². The van der Waals surface area contributed by atoms with Crippen LogP contribution in [0, 0.1) is 0 Å². The maximum atomic E-state index is 11.9. The van der Waals surface area contributed by atoms with E-state index in [0.717, 1.165) is 0 Å². The Hall–Kier alpha value is -2.74. The molecule has 4 N–H and O–H groups in total. The van der Waals surface area contributed by atoms with Crippen molar-refractivity contribution in [2.24, 2.45) is 5.73 Å². The lowest BCUT2D eigenvalue weighted by molar-refractivity contribution is -0.144. The van der Waals surface area contributed by atoms with E-state index in [-0.39, 0.29) is 12.0 Å². The van der Waals surface area contributed by atoms with Crippen LogP contribution in [0.2, 0.25) is 0 Å². The summed E-state index contributed by atoms with van der Waals surface area (Å²) in [6.45, 7) is 0. The molecule has 1 aromatic rings. The van der Waals surface area contributed by atoms with Gasteiger partial charge in [0.2, 0.25) is 6.41 Å². The zero-order valence-electron chi connectivity index (χ0n) is 12.5. The highest BCUT2D eigenvalue weighted by molar-refractivity contribution is 6.01. The minimum absolute atomic E-state index is 0.195. The third-order valence-electron chi connectivity index (χ3n) is 3.16. The topological polar surface area (TPSA) is 136 Å². The van der Waals surface area contributed by atoms with Crippen LogP contribution >= 0.6 is 0 Å². The minimum atomic E-state index is -1.15. The lowest BCUT2D eigenvalue weighted by Crippen LogP contribution is -2.38. The highest BCUT2D eigenvalue weighted by atomic mass is 16.5. The molecule has 0 aliphatic rings. The average Bonchev–Trinajstić information content (AvgIpc) is 2.53. The van der Waals surface area contributed by atoms with Gasteiger partial charge in [0.25, 0.3) is 0 Å². The monoisotopic (exact) mass is 322 g/mol. The summed E-state index contributed by atoms with van der Waals surface area (Å²) in [5, 5.41) is 11.0. The molecule has 2 atom stereocenters. The molecule has 0 radical (unpaired) electrons. The second-order valence-electron chi connectivity index (χ2n) is 4.83. The van der Waals surface area contributed by atoms with Gasteiger partial charge in [0.1, 0.15) is 6.04 Å². The van der Waals surface area contributed by atoms with E-state index in [1.165, 1.54) is 19.2 Å². The van der Waals surface area contributed by atoms with Crippen LogP contribution in [0.15, 0.2) is 24.3 Å². The van der Waals surface area contributed by atoms with Crippen LogP contribution < -0.4 is 11.1 Å². The first-order valence-electron chi connectivity index (χ1n) is 6.77. The number of esters is 1. The van der Waals surface area contributed by atoms with Gasteiger partial charge >= 0.3 is 11.9 Å². The fraction of sp³-hybridized carbons (Fsp3) is 0.333. The summed E-state index contributed by atoms with van der Waals surface area (Å²) in [5.41, 5.74) is 6.50. The molecule has 0 saturated carbocycles. The Labute approximate surface area is 132 Å². The van der Waals surface area contributed by atoms with E-state index < -0.39 is 36.2 Å². The highest BCUT2D eigenvalue weighted by Gasteiger charge is 2.20. The first kappa shape index (κ1) is 18.3. The van der Waals surface area contributed by atoms with Crippen LogP contribution in [0.4, 0.5) is 0 Å². The number of carbonyl (C=O) groups is 4. The molecule has 23 heavy (non-hydrogen) atoms. The van der Waals surface area contributed by atoms with Gasteiger partial charge in [-0.3, -0.25) is 14.4 Å². The first-order valence-corrected chi connectivity index (χ1v) is 6.77. The first-order chi connectivity index (χ1) is 10.9. The Bertz CT molecular complexity index is 584. The Balaban J connectivity index is 2.79. The number of hydrogen-bond donors (Lipinski definition) is 3. The molecule has 0 saturated heterocycles. The maximum Gasteiger partial charge on any atom is 0.328 e. The lowest BCUT2D eigenvalue weighted by atomic mass is 9.99. The fourth-order valence-corrected chi connectivity index (χ4v) is 1.97. The number of rotatable bonds is 9. The molecule has 0 fully saturated rings. The number of hydrogen-bond acceptors (Lipinski definition) is 6. The third kappa shape index (κ3) is 5.51. The van der Waals surface area contributed by atoms with Crippen molar-refractivity contribution in [3.05, 3.63) is 35.4 Å². The molecular weight excluding hydrogens is 304 g/mol. The SMILES string of the molecule is COC(=O)[C@H](Cc1ccc(C(=O)[C@@H](N)CC(=O)O)cc1)NC=O. The number of ketones is 1. The molecule has 0 heterocycles. The molecule has 0 spiro atoms. The molecule has 1 amide bonds. The van der Waals surface area contributed by atoms with Crippen molar-refractivity contribution in [2.75, 3.05) is 7.11 Å². The van der Waals surface area contributed by atoms with Crippen molar-refractivity contribution in [3.63, 3.8) is 0 Å². The number of benzene rings is 1. The Kier molecular flexibility index (Phi) is 6.88. The van der Waals surface area contributed by atoms with E-state index in [1.807, 2.05) is 0 Å². The zero-order valence-corrected chi connectivity index (χ0v) is 12.5. The van der Waals surface area contributed by atoms with E-state index in [1.54, 1.807) is 12.1 Å². The highest BCUT2D eigenvalue weighted by Crippen LogP contribution is 2.10. The number of carboxylic acid groups (broad SMARTS) is 1. The summed E-state index contributed by atoms with van der Waals surface area (Å²) < 4.78 is 4.58. The summed E-state index contributed by atoms with van der Waals surface area (Å²) in [6, 6.07) is 4.25. The molecule has 124 valence electrons. The second-order valence-corrected chi connectivity index (χ2v) is 4.83. The molecule has 0 bridgehead atoms. The van der Waals surface area contributed by atoms with Crippen LogP contribution in [0.5, 0.6) is 0 Å². The van der Waals surface area contributed by atoms with Gasteiger partial charge in [-0.15, -0.1) is 0 Å². The Morgan fingerprint density at radius 1 is 1.30 bits per heavy atom. The van der Waals surface area contributed by atoms with Gasteiger partial charge in [0.05, 0.1) is 19.6 Å². The van der Waals surface area contributed by atoms with Crippen LogP contribution in [0.25, 0.3) is 0 Å². The predicted octanol–water partition coefficient (Wildman–Crippen LogP) is -0.499. The smallest absolute Gasteiger partial charge is 0.328 e. The summed E-state index contributed by atoms with van der Waals surface area (Å²) in [5.74, 6) is -2.21. The number of aliphatic carboxylic acids is 1. The van der Waals surface area contributed by atoms with E-state index in [0.29, 0.717) is 12.0 Å². The lowest BCUT2D eigenvalue weighted by Gasteiger charge is -2.14. The quantitative estimate of drug-likeness (QED) is 0.317. The number of nitrogens with two attached hydrogens (primary N) is 1. The van der Waals surface area contributed by atoms with Gasteiger partial charge in [-0.1, -0.05) is 24.3 Å². The van der Waals surface area contributed by atoms with Gasteiger partial charge < -0.3 is 20.9 Å². The number of amides is 1. The summed E-state index contributed by atoms with van der Waals surface area (Å²) >= 11 is 0. The molecule has 0 aromatic heterocycles. The molecule has 8 heteroatoms. The number of carbonyl (C=O) groups excluding carboxylic acids is 3. The Morgan fingerprint density at radius 3 is 2.39 bits per heavy atom. The summed E-state index contributed by atoms with van der Waals surface area (Å²) in [4.78, 5) is 44.5. The van der Waals surface area contributed by atoms with Crippen molar-refractivity contribution in [1.82, 2.24) is 5.32 Å². The van der Waals surface area contributed by atoms with Gasteiger partial charge in [-0.25, -0.2) is 4.79 Å². The average molecular weight is 322 g/mol. The summed E-state index contributed by atoms with van der Waals surface area (Å²) in [7, 11) is 1.22. The number of nitrogens with one attached hydrogen (secondary N) is 1. The fourth-order valence-electron chi connectivity index (χ4n) is 1.97. The maximum absolute atomic E-state index is 11.9. The van der Waals surface area contributed by atoms with Crippen molar-refractivity contribution in [3.8, 4) is 0 Å². The molecule has 8 nitrogen and oxygen atoms in total. The predicted molar refractivity (Wildman–Crippen MR) is 79.7 cm³/mol. The largest absolute Gasteiger partial charge is 0.481 e. The van der Waals surface area contributed by atoms with Gasteiger partial charge in [0.15, 0.2) is 5.78 Å². The van der Waals surface area contributed by atoms with Gasteiger partial charge in [0, 0.05) is 12.0 Å². The molecule has 0 unspecified atom stereocenters. The van der Waals surface area contributed by atoms with E-state index in [4.69, 9.17) is 10.8 Å². The molecule has 0 aliphatic carbocycles. The third-order valence-corrected chi connectivity index (χ3v) is 3.16. The van der Waals surface area contributed by atoms with Crippen molar-refractivity contribution in [1.29, 1.82) is 0 Å².